The second-order valence-electron chi connectivity index (χ2n) is 6.86. The Kier molecular flexibility index (Phi) is 8.90. The quantitative estimate of drug-likeness (QED) is 0.230. The van der Waals surface area contributed by atoms with Gasteiger partial charge >= 0.3 is 5.97 Å². The van der Waals surface area contributed by atoms with Gasteiger partial charge in [0, 0.05) is 10.0 Å². The summed E-state index contributed by atoms with van der Waals surface area (Å²) in [6.07, 6.45) is 1.40. The first kappa shape index (κ1) is 24.8. The van der Waals surface area contributed by atoms with Crippen LogP contribution in [0.3, 0.4) is 0 Å². The van der Waals surface area contributed by atoms with Gasteiger partial charge in [-0.25, -0.2) is 4.79 Å². The second-order valence-corrected chi connectivity index (χ2v) is 8.94. The highest BCUT2D eigenvalue weighted by atomic mass is 127. The zero-order valence-corrected chi connectivity index (χ0v) is 21.4. The van der Waals surface area contributed by atoms with Crippen LogP contribution in [0.1, 0.15) is 28.4 Å². The average molecular weight is 622 g/mol. The predicted octanol–water partition coefficient (Wildman–Crippen LogP) is 5.89. The van der Waals surface area contributed by atoms with E-state index < -0.39 is 11.9 Å². The van der Waals surface area contributed by atoms with E-state index in [1.165, 1.54) is 6.08 Å². The van der Waals surface area contributed by atoms with Crippen LogP contribution < -0.4 is 14.8 Å². The minimum atomic E-state index is -1.25. The molecule has 0 aliphatic carbocycles. The molecular weight excluding hydrogens is 601 g/mol. The monoisotopic (exact) mass is 621 g/mol. The van der Waals surface area contributed by atoms with Crippen LogP contribution in [0.2, 0.25) is 0 Å². The van der Waals surface area contributed by atoms with Crippen LogP contribution in [-0.2, 0) is 11.4 Å². The SMILES string of the molecule is CCOc1cc(C=C(NC(=O)c2ccccc2)C(=O)O)cc(I)c1OCc1ccc(Br)cc1. The van der Waals surface area contributed by atoms with Gasteiger partial charge in [0.25, 0.3) is 5.91 Å². The van der Waals surface area contributed by atoms with E-state index in [4.69, 9.17) is 9.47 Å². The van der Waals surface area contributed by atoms with Gasteiger partial charge < -0.3 is 19.9 Å². The Morgan fingerprint density at radius 1 is 1.06 bits per heavy atom. The zero-order valence-electron chi connectivity index (χ0n) is 17.7. The van der Waals surface area contributed by atoms with E-state index in [0.29, 0.717) is 35.8 Å². The topological polar surface area (TPSA) is 84.9 Å². The molecule has 0 heterocycles. The molecule has 3 aromatic carbocycles. The summed E-state index contributed by atoms with van der Waals surface area (Å²) in [5.74, 6) is -0.684. The number of nitrogens with one attached hydrogen (secondary N) is 1. The van der Waals surface area contributed by atoms with Crippen molar-refractivity contribution in [1.29, 1.82) is 0 Å². The van der Waals surface area contributed by atoms with Gasteiger partial charge in [0.2, 0.25) is 0 Å². The van der Waals surface area contributed by atoms with Gasteiger partial charge in [-0.2, -0.15) is 0 Å². The molecule has 0 atom stereocenters. The number of carboxylic acid groups (broad SMARTS) is 1. The minimum absolute atomic E-state index is 0.245. The predicted molar refractivity (Wildman–Crippen MR) is 138 cm³/mol. The highest BCUT2D eigenvalue weighted by molar-refractivity contribution is 14.1. The highest BCUT2D eigenvalue weighted by Crippen LogP contribution is 2.35. The fourth-order valence-corrected chi connectivity index (χ4v) is 3.96. The summed E-state index contributed by atoms with van der Waals surface area (Å²) in [5.41, 5.74) is 1.68. The smallest absolute Gasteiger partial charge is 0.352 e. The van der Waals surface area contributed by atoms with Crippen LogP contribution in [0.5, 0.6) is 11.5 Å². The molecule has 0 bridgehead atoms. The largest absolute Gasteiger partial charge is 0.490 e. The third-order valence-electron chi connectivity index (χ3n) is 4.45. The molecule has 0 saturated heterocycles. The van der Waals surface area contributed by atoms with Crippen molar-refractivity contribution in [2.45, 2.75) is 13.5 Å². The van der Waals surface area contributed by atoms with E-state index in [2.05, 4.69) is 43.8 Å². The zero-order chi connectivity index (χ0) is 23.8. The van der Waals surface area contributed by atoms with Crippen LogP contribution in [0.25, 0.3) is 6.08 Å². The number of ether oxygens (including phenoxy) is 2. The van der Waals surface area contributed by atoms with Crippen LogP contribution in [-0.4, -0.2) is 23.6 Å². The molecule has 0 aliphatic rings. The molecule has 0 aliphatic heterocycles. The molecule has 0 saturated carbocycles. The lowest BCUT2D eigenvalue weighted by atomic mass is 10.1. The molecule has 0 aromatic heterocycles. The second kappa shape index (κ2) is 11.9. The Morgan fingerprint density at radius 2 is 1.76 bits per heavy atom. The number of halogens is 2. The molecule has 1 amide bonds. The Hall–Kier alpha value is -2.85. The van der Waals surface area contributed by atoms with Gasteiger partial charge in [-0.05, 0) is 83.1 Å². The first-order valence-electron chi connectivity index (χ1n) is 10.0. The molecule has 8 heteroatoms. The summed E-state index contributed by atoms with van der Waals surface area (Å²) >= 11 is 5.54. The van der Waals surface area contributed by atoms with Crippen molar-refractivity contribution in [3.05, 3.63) is 97.2 Å². The van der Waals surface area contributed by atoms with Gasteiger partial charge in [-0.15, -0.1) is 0 Å². The van der Waals surface area contributed by atoms with Gasteiger partial charge in [0.1, 0.15) is 12.3 Å². The van der Waals surface area contributed by atoms with Crippen molar-refractivity contribution in [3.8, 4) is 11.5 Å². The summed E-state index contributed by atoms with van der Waals surface area (Å²) in [6.45, 7) is 2.62. The summed E-state index contributed by atoms with van der Waals surface area (Å²) in [6, 6.07) is 19.7. The normalized spacial score (nSPS) is 11.1. The number of aliphatic carboxylic acids is 1. The standard InChI is InChI=1S/C25H21BrINO5/c1-2-32-22-14-17(12-20(27)23(22)33-15-16-8-10-19(26)11-9-16)13-21(25(30)31)28-24(29)18-6-4-3-5-7-18/h3-14H,2,15H2,1H3,(H,28,29)(H,30,31). The third kappa shape index (κ3) is 7.06. The van der Waals surface area contributed by atoms with Crippen molar-refractivity contribution in [1.82, 2.24) is 5.32 Å². The number of carbonyl (C=O) groups excluding carboxylic acids is 1. The van der Waals surface area contributed by atoms with E-state index in [-0.39, 0.29) is 5.70 Å². The lowest BCUT2D eigenvalue weighted by Crippen LogP contribution is -2.27. The lowest BCUT2D eigenvalue weighted by Gasteiger charge is -2.15. The molecule has 2 N–H and O–H groups in total. The maximum absolute atomic E-state index is 12.4. The lowest BCUT2D eigenvalue weighted by molar-refractivity contribution is -0.132. The van der Waals surface area contributed by atoms with Crippen molar-refractivity contribution < 1.29 is 24.2 Å². The van der Waals surface area contributed by atoms with Crippen molar-refractivity contribution >= 4 is 56.5 Å². The molecule has 0 unspecified atom stereocenters. The Labute approximate surface area is 213 Å². The Morgan fingerprint density at radius 3 is 2.39 bits per heavy atom. The van der Waals surface area contributed by atoms with E-state index in [0.717, 1.165) is 13.6 Å². The summed E-state index contributed by atoms with van der Waals surface area (Å²) < 4.78 is 13.5. The number of benzene rings is 3. The fraction of sp³-hybridized carbons (Fsp3) is 0.120. The summed E-state index contributed by atoms with van der Waals surface area (Å²) in [5, 5.41) is 12.1. The molecule has 0 radical (unpaired) electrons. The first-order chi connectivity index (χ1) is 15.9. The van der Waals surface area contributed by atoms with Gasteiger partial charge in [0.15, 0.2) is 11.5 Å². The first-order valence-corrected chi connectivity index (χ1v) is 11.9. The number of hydrogen-bond donors (Lipinski definition) is 2. The molecule has 170 valence electrons. The fourth-order valence-electron chi connectivity index (χ4n) is 2.91. The van der Waals surface area contributed by atoms with E-state index in [9.17, 15) is 14.7 Å². The van der Waals surface area contributed by atoms with E-state index >= 15 is 0 Å². The number of hydrogen-bond acceptors (Lipinski definition) is 4. The molecule has 0 spiro atoms. The van der Waals surface area contributed by atoms with Crippen molar-refractivity contribution in [2.24, 2.45) is 0 Å². The van der Waals surface area contributed by atoms with Crippen LogP contribution in [0.15, 0.2) is 76.9 Å². The maximum atomic E-state index is 12.4. The summed E-state index contributed by atoms with van der Waals surface area (Å²) in [7, 11) is 0. The number of amides is 1. The average Bonchev–Trinajstić information content (AvgIpc) is 2.80. The molecule has 0 fully saturated rings. The Balaban J connectivity index is 1.86. The van der Waals surface area contributed by atoms with Crippen molar-refractivity contribution in [3.63, 3.8) is 0 Å². The molecule has 3 aromatic rings. The van der Waals surface area contributed by atoms with E-state index in [1.807, 2.05) is 31.2 Å². The van der Waals surface area contributed by atoms with Crippen molar-refractivity contribution in [2.75, 3.05) is 6.61 Å². The number of rotatable bonds is 9. The van der Waals surface area contributed by atoms with Gasteiger partial charge in [0.05, 0.1) is 10.2 Å². The third-order valence-corrected chi connectivity index (χ3v) is 5.78. The van der Waals surface area contributed by atoms with Crippen LogP contribution in [0, 0.1) is 3.57 Å². The van der Waals surface area contributed by atoms with Crippen LogP contribution in [0.4, 0.5) is 0 Å². The van der Waals surface area contributed by atoms with Gasteiger partial charge in [-0.1, -0.05) is 46.3 Å². The minimum Gasteiger partial charge on any atom is -0.490 e. The van der Waals surface area contributed by atoms with E-state index in [1.54, 1.807) is 42.5 Å². The van der Waals surface area contributed by atoms with Gasteiger partial charge in [-0.3, -0.25) is 4.79 Å². The molecule has 6 nitrogen and oxygen atoms in total. The van der Waals surface area contributed by atoms with Crippen LogP contribution >= 0.6 is 38.5 Å². The number of carboxylic acids is 1. The molecule has 3 rings (SSSR count). The molecular formula is C25H21BrINO5. The highest BCUT2D eigenvalue weighted by Gasteiger charge is 2.16. The summed E-state index contributed by atoms with van der Waals surface area (Å²) in [4.78, 5) is 24.2. The molecule has 33 heavy (non-hydrogen) atoms. The Bertz CT molecular complexity index is 1160. The number of carbonyl (C=O) groups is 2. The maximum Gasteiger partial charge on any atom is 0.352 e.